The Hall–Kier alpha value is -2.02. The fourth-order valence-corrected chi connectivity index (χ4v) is 2.81. The van der Waals surface area contributed by atoms with Crippen LogP contribution in [-0.4, -0.2) is 40.6 Å². The number of fused-ring (bicyclic) bond motifs is 1. The van der Waals surface area contributed by atoms with E-state index in [-0.39, 0.29) is 10.9 Å². The van der Waals surface area contributed by atoms with Crippen LogP contribution < -0.4 is 10.9 Å². The Morgan fingerprint density at radius 2 is 2.08 bits per heavy atom. The molecule has 0 spiro atoms. The average molecular weight is 349 g/mol. The standard InChI is InChI=1S/C17H18ClFN4O/c18-5-1-2-8-23-16(12-22-9-6-20-7-10-22)21-15-4-3-13(19)11-14(15)17(23)24/h1-5,8,11,20H,6-7,9-10,12H2/b5-1+,8-2+. The topological polar surface area (TPSA) is 50.2 Å². The molecule has 0 unspecified atom stereocenters. The molecule has 1 aromatic carbocycles. The van der Waals surface area contributed by atoms with Crippen molar-refractivity contribution in [3.63, 3.8) is 0 Å². The van der Waals surface area contributed by atoms with Gasteiger partial charge in [0.1, 0.15) is 11.6 Å². The molecule has 1 aromatic heterocycles. The van der Waals surface area contributed by atoms with Crippen LogP contribution in [0.5, 0.6) is 0 Å². The van der Waals surface area contributed by atoms with E-state index in [9.17, 15) is 9.18 Å². The van der Waals surface area contributed by atoms with Gasteiger partial charge in [-0.1, -0.05) is 11.6 Å². The van der Waals surface area contributed by atoms with Crippen molar-refractivity contribution in [1.29, 1.82) is 0 Å². The summed E-state index contributed by atoms with van der Waals surface area (Å²) in [5.41, 5.74) is 1.57. The molecule has 7 heteroatoms. The Morgan fingerprint density at radius 3 is 2.83 bits per heavy atom. The number of aromatic nitrogens is 2. The predicted molar refractivity (Wildman–Crippen MR) is 94.4 cm³/mol. The van der Waals surface area contributed by atoms with E-state index in [1.807, 2.05) is 0 Å². The summed E-state index contributed by atoms with van der Waals surface area (Å²) in [6, 6.07) is 4.08. The van der Waals surface area contributed by atoms with E-state index in [1.165, 1.54) is 22.2 Å². The maximum absolute atomic E-state index is 13.5. The van der Waals surface area contributed by atoms with Gasteiger partial charge in [-0.05, 0) is 30.4 Å². The van der Waals surface area contributed by atoms with Crippen LogP contribution in [0, 0.1) is 5.82 Å². The van der Waals surface area contributed by atoms with Crippen LogP contribution in [0.1, 0.15) is 5.82 Å². The van der Waals surface area contributed by atoms with E-state index in [0.717, 1.165) is 26.2 Å². The Bertz CT molecular complexity index is 840. The number of benzene rings is 1. The quantitative estimate of drug-likeness (QED) is 0.860. The minimum Gasteiger partial charge on any atom is -0.314 e. The maximum atomic E-state index is 13.5. The number of hydrogen-bond donors (Lipinski definition) is 1. The van der Waals surface area contributed by atoms with Crippen LogP contribution in [-0.2, 0) is 6.54 Å². The minimum atomic E-state index is -0.451. The number of halogens is 2. The highest BCUT2D eigenvalue weighted by atomic mass is 35.5. The molecule has 24 heavy (non-hydrogen) atoms. The zero-order valence-electron chi connectivity index (χ0n) is 13.1. The summed E-state index contributed by atoms with van der Waals surface area (Å²) in [7, 11) is 0. The molecule has 0 amide bonds. The van der Waals surface area contributed by atoms with Gasteiger partial charge in [0, 0.05) is 37.9 Å². The number of allylic oxidation sites excluding steroid dienone is 2. The third kappa shape index (κ3) is 3.72. The van der Waals surface area contributed by atoms with Crippen molar-refractivity contribution in [3.8, 4) is 0 Å². The van der Waals surface area contributed by atoms with Gasteiger partial charge in [0.05, 0.1) is 17.4 Å². The van der Waals surface area contributed by atoms with Gasteiger partial charge in [-0.3, -0.25) is 14.3 Å². The van der Waals surface area contributed by atoms with Crippen molar-refractivity contribution >= 4 is 28.7 Å². The van der Waals surface area contributed by atoms with Gasteiger partial charge in [0.2, 0.25) is 0 Å². The number of nitrogens with zero attached hydrogens (tertiary/aromatic N) is 3. The van der Waals surface area contributed by atoms with E-state index in [1.54, 1.807) is 24.4 Å². The number of piperazine rings is 1. The Labute approximate surface area is 144 Å². The lowest BCUT2D eigenvalue weighted by atomic mass is 10.2. The van der Waals surface area contributed by atoms with Crippen molar-refractivity contribution in [2.45, 2.75) is 6.54 Å². The lowest BCUT2D eigenvalue weighted by Crippen LogP contribution is -2.43. The molecule has 5 nitrogen and oxygen atoms in total. The summed E-state index contributed by atoms with van der Waals surface area (Å²) in [6.45, 7) is 4.16. The lowest BCUT2D eigenvalue weighted by Gasteiger charge is -2.27. The third-order valence-corrected chi connectivity index (χ3v) is 4.07. The summed E-state index contributed by atoms with van der Waals surface area (Å²) >= 11 is 5.52. The van der Waals surface area contributed by atoms with E-state index in [2.05, 4.69) is 15.2 Å². The molecule has 0 aliphatic carbocycles. The van der Waals surface area contributed by atoms with Crippen molar-refractivity contribution < 1.29 is 4.39 Å². The first-order valence-corrected chi connectivity index (χ1v) is 8.20. The SMILES string of the molecule is O=c1c2cc(F)ccc2nc(CN2CCNCC2)n1/C=C/C=C/Cl. The second-order valence-corrected chi connectivity index (χ2v) is 5.80. The second-order valence-electron chi connectivity index (χ2n) is 5.55. The molecular formula is C17H18ClFN4O. The molecule has 1 saturated heterocycles. The summed E-state index contributed by atoms with van der Waals surface area (Å²) in [5, 5.41) is 3.56. The largest absolute Gasteiger partial charge is 0.314 e. The van der Waals surface area contributed by atoms with E-state index in [4.69, 9.17) is 11.6 Å². The fraction of sp³-hybridized carbons (Fsp3) is 0.294. The Balaban J connectivity index is 2.08. The Kier molecular flexibility index (Phi) is 5.40. The summed E-state index contributed by atoms with van der Waals surface area (Å²) in [5.74, 6) is 0.174. The molecule has 126 valence electrons. The highest BCUT2D eigenvalue weighted by Gasteiger charge is 2.15. The van der Waals surface area contributed by atoms with Crippen molar-refractivity contribution in [2.75, 3.05) is 26.2 Å². The van der Waals surface area contributed by atoms with E-state index < -0.39 is 5.82 Å². The van der Waals surface area contributed by atoms with Crippen LogP contribution in [0.4, 0.5) is 4.39 Å². The van der Waals surface area contributed by atoms with Gasteiger partial charge < -0.3 is 5.32 Å². The predicted octanol–water partition coefficient (Wildman–Crippen LogP) is 2.16. The summed E-state index contributed by atoms with van der Waals surface area (Å²) in [6.07, 6.45) is 4.87. The van der Waals surface area contributed by atoms with Gasteiger partial charge in [0.15, 0.2) is 0 Å². The molecule has 1 aliphatic heterocycles. The second kappa shape index (κ2) is 7.70. The normalized spacial score (nSPS) is 16.6. The molecule has 2 heterocycles. The fourth-order valence-electron chi connectivity index (χ4n) is 2.73. The molecular weight excluding hydrogens is 331 g/mol. The van der Waals surface area contributed by atoms with Gasteiger partial charge in [0.25, 0.3) is 5.56 Å². The van der Waals surface area contributed by atoms with E-state index in [0.29, 0.717) is 17.9 Å². The van der Waals surface area contributed by atoms with Crippen molar-refractivity contribution in [1.82, 2.24) is 19.8 Å². The number of rotatable bonds is 4. The summed E-state index contributed by atoms with van der Waals surface area (Å²) < 4.78 is 14.9. The van der Waals surface area contributed by atoms with Crippen LogP contribution in [0.3, 0.4) is 0 Å². The van der Waals surface area contributed by atoms with Crippen LogP contribution in [0.25, 0.3) is 17.1 Å². The molecule has 2 aromatic rings. The van der Waals surface area contributed by atoms with Crippen LogP contribution in [0.2, 0.25) is 0 Å². The van der Waals surface area contributed by atoms with Gasteiger partial charge in [-0.2, -0.15) is 0 Å². The Morgan fingerprint density at radius 1 is 1.29 bits per heavy atom. The van der Waals surface area contributed by atoms with Crippen molar-refractivity contribution in [2.24, 2.45) is 0 Å². The molecule has 0 radical (unpaired) electrons. The van der Waals surface area contributed by atoms with Gasteiger partial charge in [-0.15, -0.1) is 0 Å². The molecule has 0 bridgehead atoms. The number of hydrogen-bond acceptors (Lipinski definition) is 4. The molecule has 3 rings (SSSR count). The van der Waals surface area contributed by atoms with Crippen LogP contribution >= 0.6 is 11.6 Å². The molecule has 1 aliphatic rings. The molecule has 1 N–H and O–H groups in total. The lowest BCUT2D eigenvalue weighted by molar-refractivity contribution is 0.226. The van der Waals surface area contributed by atoms with Crippen molar-refractivity contribution in [3.05, 3.63) is 57.9 Å². The summed E-state index contributed by atoms with van der Waals surface area (Å²) in [4.78, 5) is 19.6. The molecule has 0 atom stereocenters. The first kappa shape index (κ1) is 16.8. The maximum Gasteiger partial charge on any atom is 0.265 e. The van der Waals surface area contributed by atoms with Crippen LogP contribution in [0.15, 0.2) is 40.7 Å². The van der Waals surface area contributed by atoms with Gasteiger partial charge >= 0.3 is 0 Å². The number of nitrogens with one attached hydrogen (secondary N) is 1. The average Bonchev–Trinajstić information content (AvgIpc) is 2.59. The van der Waals surface area contributed by atoms with E-state index >= 15 is 0 Å². The zero-order valence-corrected chi connectivity index (χ0v) is 13.8. The zero-order chi connectivity index (χ0) is 16.9. The monoisotopic (exact) mass is 348 g/mol. The molecule has 0 saturated carbocycles. The smallest absolute Gasteiger partial charge is 0.265 e. The molecule has 1 fully saturated rings. The first-order valence-electron chi connectivity index (χ1n) is 7.76. The highest BCUT2D eigenvalue weighted by Crippen LogP contribution is 2.12. The third-order valence-electron chi connectivity index (χ3n) is 3.93. The first-order chi connectivity index (χ1) is 11.7. The highest BCUT2D eigenvalue weighted by molar-refractivity contribution is 6.25. The minimum absolute atomic E-state index is 0.263. The van der Waals surface area contributed by atoms with Gasteiger partial charge in [-0.25, -0.2) is 9.37 Å².